The molecule has 0 spiro atoms. The Kier molecular flexibility index (Phi) is 3.47. The molecule has 0 unspecified atom stereocenters. The first-order chi connectivity index (χ1) is 8.58. The highest BCUT2D eigenvalue weighted by molar-refractivity contribution is 7.71. The lowest BCUT2D eigenvalue weighted by Gasteiger charge is -1.98. The number of aromatic nitrogens is 3. The Morgan fingerprint density at radius 1 is 1.39 bits per heavy atom. The highest BCUT2D eigenvalue weighted by Gasteiger charge is 2.15. The fourth-order valence-corrected chi connectivity index (χ4v) is 1.43. The van der Waals surface area contributed by atoms with Crippen LogP contribution in [0.15, 0.2) is 29.4 Å². The Balaban J connectivity index is 2.31. The minimum atomic E-state index is -2.77. The molecule has 1 heterocycles. The van der Waals surface area contributed by atoms with Crippen LogP contribution in [0.4, 0.5) is 8.78 Å². The maximum absolute atomic E-state index is 12.6. The first-order valence-electron chi connectivity index (χ1n) is 4.87. The van der Waals surface area contributed by atoms with E-state index in [1.54, 1.807) is 12.1 Å². The van der Waals surface area contributed by atoms with Gasteiger partial charge in [-0.25, -0.2) is 13.9 Å². The second-order valence-corrected chi connectivity index (χ2v) is 3.72. The van der Waals surface area contributed by atoms with Crippen molar-refractivity contribution in [2.75, 3.05) is 0 Å². The van der Waals surface area contributed by atoms with E-state index < -0.39 is 12.2 Å². The first-order valence-corrected chi connectivity index (χ1v) is 5.27. The summed E-state index contributed by atoms with van der Waals surface area (Å²) < 4.78 is 26.0. The molecule has 1 aromatic heterocycles. The second kappa shape index (κ2) is 5.05. The third-order valence-electron chi connectivity index (χ3n) is 2.09. The fraction of sp³-hybridized carbons (Fsp3) is 0.100. The monoisotopic (exact) mass is 270 g/mol. The maximum Gasteiger partial charge on any atom is 0.299 e. The molecule has 18 heavy (non-hydrogen) atoms. The lowest BCUT2D eigenvalue weighted by molar-refractivity contribution is 0.136. The molecule has 0 aliphatic heterocycles. The second-order valence-electron chi connectivity index (χ2n) is 3.34. The molecule has 1 aromatic carbocycles. The standard InChI is InChI=1S/C10H8F2N4OS/c11-8(12)9-14-15-10(18)16(9)13-5-6-1-3-7(17)4-2-6/h1-5,8,17H,(H,15,18)/b13-5-. The number of aromatic hydroxyl groups is 1. The van der Waals surface area contributed by atoms with Gasteiger partial charge in [-0.05, 0) is 42.0 Å². The number of nitrogens with one attached hydrogen (secondary N) is 1. The van der Waals surface area contributed by atoms with Gasteiger partial charge < -0.3 is 5.11 Å². The van der Waals surface area contributed by atoms with Gasteiger partial charge in [0.05, 0.1) is 6.21 Å². The average molecular weight is 270 g/mol. The molecule has 0 amide bonds. The van der Waals surface area contributed by atoms with Gasteiger partial charge in [-0.1, -0.05) is 0 Å². The number of aromatic amines is 1. The van der Waals surface area contributed by atoms with Crippen LogP contribution in [0, 0.1) is 4.77 Å². The van der Waals surface area contributed by atoms with Gasteiger partial charge in [0.15, 0.2) is 0 Å². The molecule has 0 atom stereocenters. The Labute approximate surface area is 105 Å². The van der Waals surface area contributed by atoms with Gasteiger partial charge in [0.1, 0.15) is 5.75 Å². The van der Waals surface area contributed by atoms with Crippen molar-refractivity contribution >= 4 is 18.4 Å². The summed E-state index contributed by atoms with van der Waals surface area (Å²) in [7, 11) is 0. The number of hydrogen-bond acceptors (Lipinski definition) is 4. The van der Waals surface area contributed by atoms with Crippen LogP contribution in [-0.4, -0.2) is 26.2 Å². The van der Waals surface area contributed by atoms with Gasteiger partial charge in [-0.3, -0.25) is 0 Å². The van der Waals surface area contributed by atoms with Crippen LogP contribution in [0.2, 0.25) is 0 Å². The molecular weight excluding hydrogens is 262 g/mol. The predicted molar refractivity (Wildman–Crippen MR) is 63.5 cm³/mol. The number of alkyl halides is 2. The number of rotatable bonds is 3. The third kappa shape index (κ3) is 2.59. The van der Waals surface area contributed by atoms with E-state index in [-0.39, 0.29) is 10.5 Å². The largest absolute Gasteiger partial charge is 0.508 e. The van der Waals surface area contributed by atoms with E-state index in [2.05, 4.69) is 15.3 Å². The summed E-state index contributed by atoms with van der Waals surface area (Å²) in [6.45, 7) is 0. The van der Waals surface area contributed by atoms with Crippen LogP contribution in [0.3, 0.4) is 0 Å². The highest BCUT2D eigenvalue weighted by atomic mass is 32.1. The molecule has 0 fully saturated rings. The van der Waals surface area contributed by atoms with Crippen LogP contribution in [0.1, 0.15) is 17.8 Å². The summed E-state index contributed by atoms with van der Waals surface area (Å²) in [6, 6.07) is 6.10. The van der Waals surface area contributed by atoms with E-state index in [4.69, 9.17) is 17.3 Å². The molecule has 5 nitrogen and oxygen atoms in total. The lowest BCUT2D eigenvalue weighted by atomic mass is 10.2. The van der Waals surface area contributed by atoms with E-state index in [0.717, 1.165) is 4.68 Å². The molecule has 0 bridgehead atoms. The van der Waals surface area contributed by atoms with Gasteiger partial charge in [-0.15, -0.1) is 0 Å². The van der Waals surface area contributed by atoms with Crippen molar-refractivity contribution in [2.45, 2.75) is 6.43 Å². The van der Waals surface area contributed by atoms with E-state index in [9.17, 15) is 8.78 Å². The van der Waals surface area contributed by atoms with Gasteiger partial charge in [0.25, 0.3) is 6.43 Å². The molecule has 94 valence electrons. The molecule has 0 aliphatic carbocycles. The van der Waals surface area contributed by atoms with Crippen molar-refractivity contribution in [1.29, 1.82) is 0 Å². The number of benzene rings is 1. The Morgan fingerprint density at radius 3 is 2.67 bits per heavy atom. The Morgan fingerprint density at radius 2 is 2.06 bits per heavy atom. The topological polar surface area (TPSA) is 66.2 Å². The summed E-state index contributed by atoms with van der Waals surface area (Å²) in [5, 5.41) is 18.5. The number of hydrogen-bond donors (Lipinski definition) is 2. The number of phenols is 1. The van der Waals surface area contributed by atoms with Crippen LogP contribution in [0.5, 0.6) is 5.75 Å². The van der Waals surface area contributed by atoms with Gasteiger partial charge in [-0.2, -0.15) is 14.9 Å². The molecule has 2 rings (SSSR count). The quantitative estimate of drug-likeness (QED) is 0.665. The van der Waals surface area contributed by atoms with Crippen molar-refractivity contribution in [1.82, 2.24) is 14.9 Å². The van der Waals surface area contributed by atoms with Crippen LogP contribution >= 0.6 is 12.2 Å². The van der Waals surface area contributed by atoms with Crippen LogP contribution < -0.4 is 0 Å². The Hall–Kier alpha value is -2.09. The summed E-state index contributed by atoms with van der Waals surface area (Å²) >= 11 is 4.79. The van der Waals surface area contributed by atoms with E-state index in [1.165, 1.54) is 18.3 Å². The maximum atomic E-state index is 12.6. The summed E-state index contributed by atoms with van der Waals surface area (Å²) in [6.07, 6.45) is -1.42. The van der Waals surface area contributed by atoms with Crippen LogP contribution in [0.25, 0.3) is 0 Å². The zero-order chi connectivity index (χ0) is 13.1. The number of phenolic OH excluding ortho intramolecular Hbond substituents is 1. The van der Waals surface area contributed by atoms with E-state index in [0.29, 0.717) is 5.56 Å². The number of H-pyrrole nitrogens is 1. The number of halogens is 2. The van der Waals surface area contributed by atoms with E-state index in [1.807, 2.05) is 0 Å². The SMILES string of the molecule is Oc1ccc(/C=N\n2c(C(F)F)n[nH]c2=S)cc1. The van der Waals surface area contributed by atoms with Crippen molar-refractivity contribution in [3.8, 4) is 5.75 Å². The molecule has 0 saturated heterocycles. The van der Waals surface area contributed by atoms with Crippen molar-refractivity contribution in [3.63, 3.8) is 0 Å². The summed E-state index contributed by atoms with van der Waals surface area (Å²) in [5.74, 6) is -0.435. The molecule has 0 aliphatic rings. The summed E-state index contributed by atoms with van der Waals surface area (Å²) in [4.78, 5) is 0. The molecule has 0 radical (unpaired) electrons. The average Bonchev–Trinajstić information content (AvgIpc) is 2.70. The van der Waals surface area contributed by atoms with Crippen LogP contribution in [-0.2, 0) is 0 Å². The third-order valence-corrected chi connectivity index (χ3v) is 2.35. The highest BCUT2D eigenvalue weighted by Crippen LogP contribution is 2.16. The molecule has 2 N–H and O–H groups in total. The van der Waals surface area contributed by atoms with Gasteiger partial charge in [0.2, 0.25) is 10.6 Å². The van der Waals surface area contributed by atoms with Gasteiger partial charge in [0, 0.05) is 0 Å². The number of nitrogens with zero attached hydrogens (tertiary/aromatic N) is 3. The zero-order valence-electron chi connectivity index (χ0n) is 8.92. The molecule has 2 aromatic rings. The minimum Gasteiger partial charge on any atom is -0.508 e. The van der Waals surface area contributed by atoms with Gasteiger partial charge >= 0.3 is 0 Å². The first kappa shape index (κ1) is 12.4. The van der Waals surface area contributed by atoms with E-state index >= 15 is 0 Å². The lowest BCUT2D eigenvalue weighted by Crippen LogP contribution is -1.99. The molecule has 8 heteroatoms. The Bertz CT molecular complexity index is 618. The van der Waals surface area contributed by atoms with Crippen molar-refractivity contribution < 1.29 is 13.9 Å². The van der Waals surface area contributed by atoms with Crippen molar-refractivity contribution in [2.24, 2.45) is 5.10 Å². The molecular formula is C10H8F2N4OS. The predicted octanol–water partition coefficient (Wildman–Crippen LogP) is 2.47. The smallest absolute Gasteiger partial charge is 0.299 e. The molecule has 0 saturated carbocycles. The minimum absolute atomic E-state index is 0.0136. The normalized spacial score (nSPS) is 11.5. The van der Waals surface area contributed by atoms with Crippen molar-refractivity contribution in [3.05, 3.63) is 40.4 Å². The fourth-order valence-electron chi connectivity index (χ4n) is 1.24. The summed E-state index contributed by atoms with van der Waals surface area (Å²) in [5.41, 5.74) is 0.635. The zero-order valence-corrected chi connectivity index (χ0v) is 9.73.